The largest absolute Gasteiger partial charge is 0.496 e. The van der Waals surface area contributed by atoms with E-state index in [2.05, 4.69) is 30.2 Å². The van der Waals surface area contributed by atoms with Crippen molar-refractivity contribution in [3.05, 3.63) is 46.7 Å². The van der Waals surface area contributed by atoms with Crippen LogP contribution >= 0.6 is 11.6 Å². The van der Waals surface area contributed by atoms with Crippen molar-refractivity contribution < 1.29 is 9.47 Å². The normalized spacial score (nSPS) is 27.4. The van der Waals surface area contributed by atoms with Gasteiger partial charge in [-0.25, -0.2) is 0 Å². The van der Waals surface area contributed by atoms with Crippen LogP contribution in [0.3, 0.4) is 0 Å². The molecule has 0 bridgehead atoms. The predicted molar refractivity (Wildman–Crippen MR) is 112 cm³/mol. The molecule has 0 spiro atoms. The molecular formula is C23H31ClN2O2. The van der Waals surface area contributed by atoms with Gasteiger partial charge in [0.2, 0.25) is 0 Å². The van der Waals surface area contributed by atoms with Crippen molar-refractivity contribution in [1.29, 1.82) is 0 Å². The molecular weight excluding hydrogens is 372 g/mol. The van der Waals surface area contributed by atoms with Crippen LogP contribution in [0.4, 0.5) is 0 Å². The van der Waals surface area contributed by atoms with Crippen LogP contribution < -0.4 is 4.74 Å². The zero-order valence-corrected chi connectivity index (χ0v) is 17.7. The van der Waals surface area contributed by atoms with Crippen molar-refractivity contribution in [2.45, 2.75) is 70.6 Å². The quantitative estimate of drug-likeness (QED) is 0.679. The fourth-order valence-corrected chi connectivity index (χ4v) is 5.29. The SMILES string of the molecule is CCCC1CCC2Cc3cccc(OC)c3C[C@H]2OC(Cn2cc(Cl)cn2)C1. The lowest BCUT2D eigenvalue weighted by atomic mass is 9.76. The second kappa shape index (κ2) is 8.87. The molecule has 1 aromatic carbocycles. The van der Waals surface area contributed by atoms with Gasteiger partial charge < -0.3 is 9.47 Å². The molecule has 5 heteroatoms. The van der Waals surface area contributed by atoms with Crippen LogP contribution in [-0.4, -0.2) is 29.1 Å². The first-order valence-electron chi connectivity index (χ1n) is 10.6. The fraction of sp³-hybridized carbons (Fsp3) is 0.609. The molecule has 0 radical (unpaired) electrons. The molecule has 2 aliphatic rings. The molecule has 152 valence electrons. The summed E-state index contributed by atoms with van der Waals surface area (Å²) in [4.78, 5) is 0. The smallest absolute Gasteiger partial charge is 0.122 e. The van der Waals surface area contributed by atoms with Crippen LogP contribution in [0.25, 0.3) is 0 Å². The number of nitrogens with zero attached hydrogens (tertiary/aromatic N) is 2. The number of aromatic nitrogens is 2. The molecule has 3 unspecified atom stereocenters. The van der Waals surface area contributed by atoms with E-state index in [9.17, 15) is 0 Å². The highest BCUT2D eigenvalue weighted by Gasteiger charge is 2.35. The summed E-state index contributed by atoms with van der Waals surface area (Å²) in [5.41, 5.74) is 2.77. The third-order valence-corrected chi connectivity index (χ3v) is 6.66. The van der Waals surface area contributed by atoms with Gasteiger partial charge in [-0.15, -0.1) is 0 Å². The van der Waals surface area contributed by atoms with E-state index in [1.807, 2.05) is 10.9 Å². The lowest BCUT2D eigenvalue weighted by Gasteiger charge is -2.39. The highest BCUT2D eigenvalue weighted by molar-refractivity contribution is 6.30. The van der Waals surface area contributed by atoms with E-state index in [-0.39, 0.29) is 12.2 Å². The Labute approximate surface area is 173 Å². The van der Waals surface area contributed by atoms with Crippen molar-refractivity contribution in [1.82, 2.24) is 9.78 Å². The summed E-state index contributed by atoms with van der Waals surface area (Å²) in [5.74, 6) is 2.32. The van der Waals surface area contributed by atoms with Crippen LogP contribution in [0.5, 0.6) is 5.75 Å². The Balaban J connectivity index is 1.56. The molecule has 1 aromatic heterocycles. The number of benzene rings is 1. The van der Waals surface area contributed by atoms with Gasteiger partial charge in [0.25, 0.3) is 0 Å². The van der Waals surface area contributed by atoms with Gasteiger partial charge in [-0.1, -0.05) is 43.5 Å². The van der Waals surface area contributed by atoms with E-state index in [1.165, 1.54) is 36.8 Å². The number of rotatable bonds is 5. The molecule has 28 heavy (non-hydrogen) atoms. The Morgan fingerprint density at radius 2 is 2.18 bits per heavy atom. The highest BCUT2D eigenvalue weighted by Crippen LogP contribution is 2.39. The minimum absolute atomic E-state index is 0.177. The Morgan fingerprint density at radius 1 is 1.29 bits per heavy atom. The van der Waals surface area contributed by atoms with E-state index < -0.39 is 0 Å². The van der Waals surface area contributed by atoms with Crippen molar-refractivity contribution >= 4 is 11.6 Å². The first-order valence-corrected chi connectivity index (χ1v) is 11.0. The zero-order valence-electron chi connectivity index (χ0n) is 16.9. The van der Waals surface area contributed by atoms with E-state index in [1.54, 1.807) is 13.3 Å². The summed E-state index contributed by atoms with van der Waals surface area (Å²) in [6.07, 6.45) is 12.2. The monoisotopic (exact) mass is 402 g/mol. The Kier molecular flexibility index (Phi) is 6.27. The van der Waals surface area contributed by atoms with Crippen molar-refractivity contribution in [3.63, 3.8) is 0 Å². The number of methoxy groups -OCH3 is 1. The second-order valence-electron chi connectivity index (χ2n) is 8.41. The summed E-state index contributed by atoms with van der Waals surface area (Å²) in [6, 6.07) is 6.45. The maximum atomic E-state index is 6.78. The number of fused-ring (bicyclic) bond motifs is 2. The molecule has 0 amide bonds. The van der Waals surface area contributed by atoms with Crippen molar-refractivity contribution in [2.75, 3.05) is 7.11 Å². The van der Waals surface area contributed by atoms with Crippen molar-refractivity contribution in [3.8, 4) is 5.75 Å². The van der Waals surface area contributed by atoms with Gasteiger partial charge in [-0.05, 0) is 54.7 Å². The molecule has 2 aromatic rings. The minimum Gasteiger partial charge on any atom is -0.496 e. The average molecular weight is 403 g/mol. The lowest BCUT2D eigenvalue weighted by Crippen LogP contribution is -2.40. The minimum atomic E-state index is 0.177. The number of ether oxygens (including phenoxy) is 2. The lowest BCUT2D eigenvalue weighted by molar-refractivity contribution is -0.0780. The summed E-state index contributed by atoms with van der Waals surface area (Å²) >= 11 is 6.08. The third-order valence-electron chi connectivity index (χ3n) is 6.46. The van der Waals surface area contributed by atoms with E-state index >= 15 is 0 Å². The van der Waals surface area contributed by atoms with Crippen LogP contribution in [0, 0.1) is 11.8 Å². The highest BCUT2D eigenvalue weighted by atomic mass is 35.5. The van der Waals surface area contributed by atoms with Gasteiger partial charge in [0.05, 0.1) is 37.1 Å². The predicted octanol–water partition coefficient (Wildman–Crippen LogP) is 5.31. The number of hydrogen-bond acceptors (Lipinski definition) is 3. The molecule has 1 aliphatic heterocycles. The molecule has 4 nitrogen and oxygen atoms in total. The van der Waals surface area contributed by atoms with Gasteiger partial charge in [0.15, 0.2) is 0 Å². The Hall–Kier alpha value is -1.52. The van der Waals surface area contributed by atoms with Crippen LogP contribution in [-0.2, 0) is 24.1 Å². The molecule has 2 heterocycles. The summed E-state index contributed by atoms with van der Waals surface area (Å²) < 4.78 is 14.4. The average Bonchev–Trinajstić information content (AvgIpc) is 3.09. The summed E-state index contributed by atoms with van der Waals surface area (Å²) in [7, 11) is 1.76. The van der Waals surface area contributed by atoms with E-state index in [4.69, 9.17) is 21.1 Å². The second-order valence-corrected chi connectivity index (χ2v) is 8.85. The molecule has 1 aliphatic carbocycles. The topological polar surface area (TPSA) is 36.3 Å². The van der Waals surface area contributed by atoms with E-state index in [0.717, 1.165) is 37.5 Å². The Morgan fingerprint density at radius 3 is 2.93 bits per heavy atom. The molecule has 0 saturated carbocycles. The number of halogens is 1. The first kappa shape index (κ1) is 19.8. The first-order chi connectivity index (χ1) is 13.7. The van der Waals surface area contributed by atoms with Crippen LogP contribution in [0.15, 0.2) is 30.6 Å². The van der Waals surface area contributed by atoms with Crippen molar-refractivity contribution in [2.24, 2.45) is 11.8 Å². The van der Waals surface area contributed by atoms with Gasteiger partial charge in [-0.2, -0.15) is 5.10 Å². The fourth-order valence-electron chi connectivity index (χ4n) is 5.13. The molecule has 1 saturated heterocycles. The zero-order chi connectivity index (χ0) is 19.5. The standard InChI is InChI=1S/C23H31ClN2O2/c1-3-5-16-8-9-18-11-17-6-4-7-22(27-2)21(17)12-23(18)28-20(10-16)15-26-14-19(24)13-25-26/h4,6-7,13-14,16,18,20,23H,3,5,8-12,15H2,1-2H3/t16?,18?,20?,23-/m1/s1. The molecule has 4 atom stereocenters. The maximum Gasteiger partial charge on any atom is 0.122 e. The van der Waals surface area contributed by atoms with Gasteiger partial charge in [-0.3, -0.25) is 4.68 Å². The molecule has 4 rings (SSSR count). The third kappa shape index (κ3) is 4.38. The summed E-state index contributed by atoms with van der Waals surface area (Å²) in [6.45, 7) is 3.06. The van der Waals surface area contributed by atoms with Crippen LogP contribution in [0.2, 0.25) is 5.02 Å². The molecule has 0 N–H and O–H groups in total. The summed E-state index contributed by atoms with van der Waals surface area (Å²) in [5, 5.41) is 5.07. The van der Waals surface area contributed by atoms with Gasteiger partial charge in [0.1, 0.15) is 5.75 Å². The number of hydrogen-bond donors (Lipinski definition) is 0. The van der Waals surface area contributed by atoms with Gasteiger partial charge in [0, 0.05) is 12.6 Å². The Bertz CT molecular complexity index is 791. The maximum absolute atomic E-state index is 6.78. The van der Waals surface area contributed by atoms with Gasteiger partial charge >= 0.3 is 0 Å². The van der Waals surface area contributed by atoms with Crippen LogP contribution in [0.1, 0.15) is 50.2 Å². The van der Waals surface area contributed by atoms with E-state index in [0.29, 0.717) is 10.9 Å². The molecule has 1 fully saturated rings.